The molecule has 0 bridgehead atoms. The molecule has 3 rings (SSSR count). The van der Waals surface area contributed by atoms with Crippen molar-refractivity contribution in [3.05, 3.63) is 35.4 Å². The van der Waals surface area contributed by atoms with Gasteiger partial charge in [0.05, 0.1) is 0 Å². The highest BCUT2D eigenvalue weighted by Gasteiger charge is 2.36. The molecule has 3 amide bonds. The number of carbonyl (C=O) groups excluding carboxylic acids is 3. The third-order valence-electron chi connectivity index (χ3n) is 6.20. The molecule has 1 aliphatic carbocycles. The molecule has 2 fully saturated rings. The first-order valence-electron chi connectivity index (χ1n) is 10.7. The van der Waals surface area contributed by atoms with Gasteiger partial charge in [0.2, 0.25) is 11.8 Å². The van der Waals surface area contributed by atoms with Gasteiger partial charge in [-0.1, -0.05) is 38.0 Å². The Morgan fingerprint density at radius 2 is 1.72 bits per heavy atom. The Hall–Kier alpha value is -2.37. The summed E-state index contributed by atoms with van der Waals surface area (Å²) in [7, 11) is 0. The van der Waals surface area contributed by atoms with Crippen LogP contribution in [0.15, 0.2) is 24.3 Å². The Labute approximate surface area is 173 Å². The molecule has 1 aromatic rings. The highest BCUT2D eigenvalue weighted by Crippen LogP contribution is 2.27. The van der Waals surface area contributed by atoms with Crippen molar-refractivity contribution >= 4 is 17.7 Å². The van der Waals surface area contributed by atoms with E-state index in [1.54, 1.807) is 4.90 Å². The monoisotopic (exact) mass is 399 g/mol. The van der Waals surface area contributed by atoms with Gasteiger partial charge in [0, 0.05) is 37.2 Å². The molecular weight excluding hydrogens is 366 g/mol. The van der Waals surface area contributed by atoms with Crippen molar-refractivity contribution in [2.75, 3.05) is 19.6 Å². The summed E-state index contributed by atoms with van der Waals surface area (Å²) in [5.74, 6) is 0.0517. The van der Waals surface area contributed by atoms with Gasteiger partial charge in [-0.15, -0.1) is 0 Å². The maximum atomic E-state index is 13.1. The minimum atomic E-state index is -0.505. The molecule has 0 spiro atoms. The standard InChI is InChI=1S/C23H33N3O3/c1-15(2)20(24-21(27)18-6-5-7-18)23(29)25-12-13-26(17(4)14-25)22(28)19-10-8-16(3)9-11-19/h8-11,15,17-18,20H,5-7,12-14H2,1-4H3,(H,24,27). The third kappa shape index (κ3) is 4.80. The van der Waals surface area contributed by atoms with E-state index in [0.717, 1.165) is 24.8 Å². The van der Waals surface area contributed by atoms with Gasteiger partial charge in [-0.05, 0) is 44.7 Å². The molecule has 1 aromatic carbocycles. The Bertz CT molecular complexity index is 755. The molecule has 1 heterocycles. The second-order valence-electron chi connectivity index (χ2n) is 8.86. The van der Waals surface area contributed by atoms with Gasteiger partial charge < -0.3 is 15.1 Å². The Balaban J connectivity index is 1.62. The number of rotatable bonds is 5. The molecule has 29 heavy (non-hydrogen) atoms. The van der Waals surface area contributed by atoms with E-state index in [0.29, 0.717) is 25.2 Å². The van der Waals surface area contributed by atoms with Crippen molar-refractivity contribution in [3.63, 3.8) is 0 Å². The number of nitrogens with one attached hydrogen (secondary N) is 1. The molecule has 1 saturated heterocycles. The van der Waals surface area contributed by atoms with Crippen LogP contribution in [-0.2, 0) is 9.59 Å². The van der Waals surface area contributed by atoms with E-state index in [9.17, 15) is 14.4 Å². The van der Waals surface area contributed by atoms with Crippen LogP contribution in [0.5, 0.6) is 0 Å². The quantitative estimate of drug-likeness (QED) is 0.827. The fourth-order valence-electron chi connectivity index (χ4n) is 3.97. The zero-order chi connectivity index (χ0) is 21.1. The molecule has 0 aromatic heterocycles. The highest BCUT2D eigenvalue weighted by atomic mass is 16.2. The Kier molecular flexibility index (Phi) is 6.60. The number of carbonyl (C=O) groups is 3. The predicted molar refractivity (Wildman–Crippen MR) is 112 cm³/mol. The predicted octanol–water partition coefficient (Wildman–Crippen LogP) is 2.61. The van der Waals surface area contributed by atoms with E-state index in [1.807, 2.05) is 56.9 Å². The summed E-state index contributed by atoms with van der Waals surface area (Å²) in [6, 6.07) is 7.01. The second-order valence-corrected chi connectivity index (χ2v) is 8.86. The lowest BCUT2D eigenvalue weighted by atomic mass is 9.84. The number of amides is 3. The van der Waals surface area contributed by atoms with Gasteiger partial charge in [-0.25, -0.2) is 0 Å². The molecule has 6 nitrogen and oxygen atoms in total. The Morgan fingerprint density at radius 1 is 1.07 bits per heavy atom. The van der Waals surface area contributed by atoms with E-state index < -0.39 is 6.04 Å². The van der Waals surface area contributed by atoms with Crippen LogP contribution in [-0.4, -0.2) is 59.2 Å². The van der Waals surface area contributed by atoms with E-state index in [2.05, 4.69) is 5.32 Å². The lowest BCUT2D eigenvalue weighted by Gasteiger charge is -2.41. The molecular formula is C23H33N3O3. The molecule has 2 unspecified atom stereocenters. The number of aryl methyl sites for hydroxylation is 1. The van der Waals surface area contributed by atoms with Crippen LogP contribution >= 0.6 is 0 Å². The van der Waals surface area contributed by atoms with Crippen molar-refractivity contribution < 1.29 is 14.4 Å². The van der Waals surface area contributed by atoms with Crippen molar-refractivity contribution in [1.29, 1.82) is 0 Å². The average molecular weight is 400 g/mol. The largest absolute Gasteiger partial charge is 0.344 e. The summed E-state index contributed by atoms with van der Waals surface area (Å²) in [5.41, 5.74) is 1.80. The average Bonchev–Trinajstić information content (AvgIpc) is 2.64. The van der Waals surface area contributed by atoms with Gasteiger partial charge in [0.1, 0.15) is 6.04 Å². The van der Waals surface area contributed by atoms with Crippen molar-refractivity contribution in [3.8, 4) is 0 Å². The van der Waals surface area contributed by atoms with Crippen molar-refractivity contribution in [2.45, 2.75) is 59.0 Å². The summed E-state index contributed by atoms with van der Waals surface area (Å²) >= 11 is 0. The molecule has 1 aliphatic heterocycles. The van der Waals surface area contributed by atoms with Crippen LogP contribution in [0.4, 0.5) is 0 Å². The summed E-state index contributed by atoms with van der Waals surface area (Å²) in [6.07, 6.45) is 2.93. The maximum absolute atomic E-state index is 13.1. The lowest BCUT2D eigenvalue weighted by molar-refractivity contribution is -0.141. The number of piperazine rings is 1. The van der Waals surface area contributed by atoms with Gasteiger partial charge in [-0.2, -0.15) is 0 Å². The number of benzene rings is 1. The number of hydrogen-bond acceptors (Lipinski definition) is 3. The van der Waals surface area contributed by atoms with Gasteiger partial charge in [0.25, 0.3) is 5.91 Å². The van der Waals surface area contributed by atoms with Crippen molar-refractivity contribution in [1.82, 2.24) is 15.1 Å². The SMILES string of the molecule is Cc1ccc(C(=O)N2CCN(C(=O)C(NC(=O)C3CCC3)C(C)C)CC2C)cc1. The number of nitrogens with zero attached hydrogens (tertiary/aromatic N) is 2. The summed E-state index contributed by atoms with van der Waals surface area (Å²) in [4.78, 5) is 42.0. The molecule has 0 radical (unpaired) electrons. The maximum Gasteiger partial charge on any atom is 0.254 e. The first-order chi connectivity index (χ1) is 13.8. The molecule has 2 atom stereocenters. The van der Waals surface area contributed by atoms with E-state index >= 15 is 0 Å². The van der Waals surface area contributed by atoms with Crippen LogP contribution in [0.1, 0.15) is 56.0 Å². The minimum absolute atomic E-state index is 0.00305. The van der Waals surface area contributed by atoms with Crippen LogP contribution in [0.3, 0.4) is 0 Å². The molecule has 6 heteroatoms. The summed E-state index contributed by atoms with van der Waals surface area (Å²) in [5, 5.41) is 2.98. The van der Waals surface area contributed by atoms with E-state index in [-0.39, 0.29) is 35.6 Å². The summed E-state index contributed by atoms with van der Waals surface area (Å²) < 4.78 is 0. The second kappa shape index (κ2) is 8.97. The number of hydrogen-bond donors (Lipinski definition) is 1. The fourth-order valence-corrected chi connectivity index (χ4v) is 3.97. The highest BCUT2D eigenvalue weighted by molar-refractivity contribution is 5.95. The van der Waals surface area contributed by atoms with Crippen molar-refractivity contribution in [2.24, 2.45) is 11.8 Å². The molecule has 1 saturated carbocycles. The molecule has 158 valence electrons. The lowest BCUT2D eigenvalue weighted by Crippen LogP contribution is -2.60. The van der Waals surface area contributed by atoms with Gasteiger partial charge in [0.15, 0.2) is 0 Å². The minimum Gasteiger partial charge on any atom is -0.344 e. The first-order valence-corrected chi connectivity index (χ1v) is 10.7. The third-order valence-corrected chi connectivity index (χ3v) is 6.20. The van der Waals surface area contributed by atoms with E-state index in [4.69, 9.17) is 0 Å². The van der Waals surface area contributed by atoms with Crippen LogP contribution in [0.25, 0.3) is 0 Å². The summed E-state index contributed by atoms with van der Waals surface area (Å²) in [6.45, 7) is 9.37. The van der Waals surface area contributed by atoms with E-state index in [1.165, 1.54) is 0 Å². The van der Waals surface area contributed by atoms with Gasteiger partial charge in [-0.3, -0.25) is 14.4 Å². The topological polar surface area (TPSA) is 69.7 Å². The van der Waals surface area contributed by atoms with Crippen LogP contribution in [0.2, 0.25) is 0 Å². The fraction of sp³-hybridized carbons (Fsp3) is 0.609. The zero-order valence-electron chi connectivity index (χ0n) is 18.0. The molecule has 2 aliphatic rings. The smallest absolute Gasteiger partial charge is 0.254 e. The van der Waals surface area contributed by atoms with Gasteiger partial charge >= 0.3 is 0 Å². The first kappa shape index (κ1) is 21.3. The molecule has 1 N–H and O–H groups in total. The zero-order valence-corrected chi connectivity index (χ0v) is 18.0. The van der Waals surface area contributed by atoms with Crippen LogP contribution in [0, 0.1) is 18.8 Å². The van der Waals surface area contributed by atoms with Crippen LogP contribution < -0.4 is 5.32 Å². The normalized spacial score (nSPS) is 20.9. The Morgan fingerprint density at radius 3 is 2.24 bits per heavy atom.